The van der Waals surface area contributed by atoms with Crippen molar-refractivity contribution in [2.75, 3.05) is 26.7 Å². The van der Waals surface area contributed by atoms with Gasteiger partial charge in [-0.1, -0.05) is 20.3 Å². The Labute approximate surface area is 118 Å². The lowest BCUT2D eigenvalue weighted by molar-refractivity contribution is -0.0491. The van der Waals surface area contributed by atoms with Crippen LogP contribution in [0, 0.1) is 11.3 Å². The number of hydrogen-bond donors (Lipinski definition) is 1. The van der Waals surface area contributed by atoms with E-state index in [0.29, 0.717) is 23.7 Å². The van der Waals surface area contributed by atoms with Crippen LogP contribution in [0.5, 0.6) is 0 Å². The normalized spacial score (nSPS) is 42.5. The van der Waals surface area contributed by atoms with Gasteiger partial charge in [0.25, 0.3) is 0 Å². The molecule has 3 heteroatoms. The van der Waals surface area contributed by atoms with Gasteiger partial charge < -0.3 is 10.1 Å². The minimum atomic E-state index is 0.447. The van der Waals surface area contributed by atoms with Gasteiger partial charge in [-0.3, -0.25) is 4.90 Å². The van der Waals surface area contributed by atoms with Crippen LogP contribution in [0.3, 0.4) is 0 Å². The molecule has 1 saturated carbocycles. The molecule has 2 saturated heterocycles. The summed E-state index contributed by atoms with van der Waals surface area (Å²) in [5.74, 6) is 0.811. The number of nitrogens with zero attached hydrogens (tertiary/aromatic N) is 1. The van der Waals surface area contributed by atoms with Crippen LogP contribution >= 0.6 is 0 Å². The molecule has 0 spiro atoms. The zero-order valence-electron chi connectivity index (χ0n) is 12.8. The minimum Gasteiger partial charge on any atom is -0.372 e. The van der Waals surface area contributed by atoms with Crippen molar-refractivity contribution >= 4 is 0 Å². The molecule has 0 amide bonds. The maximum Gasteiger partial charge on any atom is 0.0707 e. The van der Waals surface area contributed by atoms with E-state index in [-0.39, 0.29) is 0 Å². The Kier molecular flexibility index (Phi) is 3.89. The zero-order valence-corrected chi connectivity index (χ0v) is 12.8. The number of likely N-dealkylation sites (tertiary alicyclic amines) is 1. The average Bonchev–Trinajstić information content (AvgIpc) is 2.68. The van der Waals surface area contributed by atoms with Gasteiger partial charge in [-0.15, -0.1) is 0 Å². The predicted molar refractivity (Wildman–Crippen MR) is 78.3 cm³/mol. The highest BCUT2D eigenvalue weighted by molar-refractivity contribution is 4.95. The van der Waals surface area contributed by atoms with Crippen molar-refractivity contribution in [2.45, 2.75) is 64.2 Å². The molecule has 0 aromatic carbocycles. The van der Waals surface area contributed by atoms with Crippen LogP contribution < -0.4 is 5.32 Å². The molecule has 1 N–H and O–H groups in total. The number of nitrogens with one attached hydrogen (secondary N) is 1. The average molecular weight is 266 g/mol. The summed E-state index contributed by atoms with van der Waals surface area (Å²) in [6.45, 7) is 8.48. The molecule has 110 valence electrons. The van der Waals surface area contributed by atoms with Crippen molar-refractivity contribution in [2.24, 2.45) is 11.3 Å². The molecule has 3 fully saturated rings. The van der Waals surface area contributed by atoms with E-state index in [2.05, 4.69) is 31.1 Å². The molecule has 0 radical (unpaired) electrons. The number of fused-ring (bicyclic) bond motifs is 2. The molecule has 3 nitrogen and oxygen atoms in total. The lowest BCUT2D eigenvalue weighted by Gasteiger charge is -2.46. The highest BCUT2D eigenvalue weighted by Gasteiger charge is 2.40. The summed E-state index contributed by atoms with van der Waals surface area (Å²) in [7, 11) is 2.15. The molecular formula is C16H30N2O. The van der Waals surface area contributed by atoms with Gasteiger partial charge in [0.2, 0.25) is 0 Å². The molecular weight excluding hydrogens is 236 g/mol. The number of morpholine rings is 1. The first-order valence-electron chi connectivity index (χ1n) is 8.13. The van der Waals surface area contributed by atoms with E-state index in [9.17, 15) is 0 Å². The Morgan fingerprint density at radius 3 is 2.47 bits per heavy atom. The Hall–Kier alpha value is -0.120. The van der Waals surface area contributed by atoms with Gasteiger partial charge in [0.1, 0.15) is 0 Å². The lowest BCUT2D eigenvalue weighted by atomic mass is 9.68. The van der Waals surface area contributed by atoms with Gasteiger partial charge in [0.05, 0.1) is 12.2 Å². The Balaban J connectivity index is 1.62. The third-order valence-corrected chi connectivity index (χ3v) is 5.63. The third kappa shape index (κ3) is 2.84. The van der Waals surface area contributed by atoms with Crippen LogP contribution in [-0.2, 0) is 4.74 Å². The number of hydrogen-bond acceptors (Lipinski definition) is 3. The maximum absolute atomic E-state index is 5.95. The van der Waals surface area contributed by atoms with Crippen LogP contribution in [0.25, 0.3) is 0 Å². The molecule has 4 atom stereocenters. The van der Waals surface area contributed by atoms with Crippen molar-refractivity contribution in [3.05, 3.63) is 0 Å². The van der Waals surface area contributed by atoms with Crippen molar-refractivity contribution < 1.29 is 4.74 Å². The first-order valence-corrected chi connectivity index (χ1v) is 8.13. The fourth-order valence-corrected chi connectivity index (χ4v) is 4.78. The van der Waals surface area contributed by atoms with E-state index in [4.69, 9.17) is 4.74 Å². The highest BCUT2D eigenvalue weighted by Crippen LogP contribution is 2.39. The largest absolute Gasteiger partial charge is 0.372 e. The van der Waals surface area contributed by atoms with Crippen molar-refractivity contribution in [1.82, 2.24) is 10.2 Å². The highest BCUT2D eigenvalue weighted by atomic mass is 16.5. The van der Waals surface area contributed by atoms with Gasteiger partial charge in [0.15, 0.2) is 0 Å². The van der Waals surface area contributed by atoms with Crippen molar-refractivity contribution in [3.8, 4) is 0 Å². The third-order valence-electron chi connectivity index (χ3n) is 5.63. The van der Waals surface area contributed by atoms with Crippen LogP contribution in [0.15, 0.2) is 0 Å². The minimum absolute atomic E-state index is 0.447. The summed E-state index contributed by atoms with van der Waals surface area (Å²) in [6, 6.07) is 0.668. The Bertz CT molecular complexity index is 306. The molecule has 3 aliphatic rings. The second-order valence-electron chi connectivity index (χ2n) is 7.58. The van der Waals surface area contributed by atoms with Crippen LogP contribution in [0.2, 0.25) is 0 Å². The molecule has 0 aromatic heterocycles. The second-order valence-corrected chi connectivity index (χ2v) is 7.58. The van der Waals surface area contributed by atoms with Gasteiger partial charge in [-0.25, -0.2) is 0 Å². The topological polar surface area (TPSA) is 24.5 Å². The SMILES string of the molecule is CNC1C(CN2CC3CCC(C2)O3)CCCC1(C)C. The van der Waals surface area contributed by atoms with Gasteiger partial charge >= 0.3 is 0 Å². The number of rotatable bonds is 3. The molecule has 4 unspecified atom stereocenters. The first kappa shape index (κ1) is 13.8. The maximum atomic E-state index is 5.95. The van der Waals surface area contributed by atoms with Gasteiger partial charge in [-0.05, 0) is 44.1 Å². The molecule has 1 aliphatic carbocycles. The molecule has 2 heterocycles. The van der Waals surface area contributed by atoms with Gasteiger partial charge in [0, 0.05) is 25.7 Å². The molecule has 3 rings (SSSR count). The Morgan fingerprint density at radius 1 is 1.16 bits per heavy atom. The molecule has 2 bridgehead atoms. The monoisotopic (exact) mass is 266 g/mol. The summed E-state index contributed by atoms with van der Waals surface area (Å²) < 4.78 is 5.95. The van der Waals surface area contributed by atoms with Crippen LogP contribution in [-0.4, -0.2) is 49.8 Å². The molecule has 0 aromatic rings. The van der Waals surface area contributed by atoms with E-state index in [1.54, 1.807) is 0 Å². The summed E-state index contributed by atoms with van der Waals surface area (Å²) in [5, 5.41) is 3.61. The van der Waals surface area contributed by atoms with Crippen LogP contribution in [0.4, 0.5) is 0 Å². The van der Waals surface area contributed by atoms with Crippen molar-refractivity contribution in [1.29, 1.82) is 0 Å². The van der Waals surface area contributed by atoms with E-state index in [1.807, 2.05) is 0 Å². The Morgan fingerprint density at radius 2 is 1.84 bits per heavy atom. The quantitative estimate of drug-likeness (QED) is 0.848. The van der Waals surface area contributed by atoms with Crippen molar-refractivity contribution in [3.63, 3.8) is 0 Å². The second kappa shape index (κ2) is 5.34. The summed E-state index contributed by atoms with van der Waals surface area (Å²) in [5.41, 5.74) is 0.447. The zero-order chi connectivity index (χ0) is 13.5. The fourth-order valence-electron chi connectivity index (χ4n) is 4.78. The van der Waals surface area contributed by atoms with Gasteiger partial charge in [-0.2, -0.15) is 0 Å². The summed E-state index contributed by atoms with van der Waals surface area (Å²) >= 11 is 0. The van der Waals surface area contributed by atoms with E-state index < -0.39 is 0 Å². The van der Waals surface area contributed by atoms with E-state index in [1.165, 1.54) is 51.7 Å². The predicted octanol–water partition coefficient (Wildman–Crippen LogP) is 2.26. The molecule has 19 heavy (non-hydrogen) atoms. The fraction of sp³-hybridized carbons (Fsp3) is 1.00. The van der Waals surface area contributed by atoms with E-state index in [0.717, 1.165) is 5.92 Å². The van der Waals surface area contributed by atoms with E-state index >= 15 is 0 Å². The molecule has 2 aliphatic heterocycles. The first-order chi connectivity index (χ1) is 9.08. The number of ether oxygens (including phenoxy) is 1. The lowest BCUT2D eigenvalue weighted by Crippen LogP contribution is -2.53. The smallest absolute Gasteiger partial charge is 0.0707 e. The summed E-state index contributed by atoms with van der Waals surface area (Å²) in [6.07, 6.45) is 7.78. The van der Waals surface area contributed by atoms with Crippen LogP contribution in [0.1, 0.15) is 46.0 Å². The standard InChI is InChI=1S/C16H30N2O/c1-16(2)8-4-5-12(15(16)17-3)9-18-10-13-6-7-14(11-18)19-13/h12-15,17H,4-11H2,1-3H3. The summed E-state index contributed by atoms with van der Waals surface area (Å²) in [4.78, 5) is 2.68.